The number of nitrogens with two attached hydrogens (primary N) is 2. The van der Waals surface area contributed by atoms with Gasteiger partial charge < -0.3 is 30.4 Å². The minimum absolute atomic E-state index is 0.0102. The van der Waals surface area contributed by atoms with Crippen molar-refractivity contribution in [3.63, 3.8) is 0 Å². The van der Waals surface area contributed by atoms with Crippen LogP contribution in [0.4, 0.5) is 42.1 Å². The summed E-state index contributed by atoms with van der Waals surface area (Å²) in [4.78, 5) is 23.9. The minimum atomic E-state index is -5.66. The van der Waals surface area contributed by atoms with Crippen molar-refractivity contribution in [2.45, 2.75) is 31.0 Å². The molecule has 0 atom stereocenters. The van der Waals surface area contributed by atoms with Crippen LogP contribution in [0.1, 0.15) is 34.3 Å². The van der Waals surface area contributed by atoms with Crippen LogP contribution in [0.5, 0.6) is 11.5 Å². The summed E-state index contributed by atoms with van der Waals surface area (Å²) in [7, 11) is 0. The Kier molecular flexibility index (Phi) is 11.3. The number of carbonyl (C=O) groups excluding carboxylic acids is 2. The molecule has 3 aromatic rings. The van der Waals surface area contributed by atoms with E-state index in [9.17, 15) is 40.3 Å². The van der Waals surface area contributed by atoms with Gasteiger partial charge in [0.25, 0.3) is 0 Å². The van der Waals surface area contributed by atoms with Gasteiger partial charge in [-0.2, -0.15) is 30.7 Å². The molecule has 0 aromatic heterocycles. The molecule has 15 heteroatoms. The summed E-state index contributed by atoms with van der Waals surface area (Å²) in [6.45, 7) is -0.939. The molecular weight excluding hydrogens is 617 g/mol. The predicted octanol–water partition coefficient (Wildman–Crippen LogP) is 6.75. The van der Waals surface area contributed by atoms with E-state index in [1.807, 2.05) is 0 Å². The van der Waals surface area contributed by atoms with Gasteiger partial charge >= 0.3 is 30.1 Å². The fraction of sp³-hybridized carbons (Fsp3) is 0.267. The van der Waals surface area contributed by atoms with Crippen LogP contribution < -0.4 is 20.9 Å². The topological polar surface area (TPSA) is 123 Å². The molecule has 3 aromatic carbocycles. The van der Waals surface area contributed by atoms with Crippen molar-refractivity contribution in [2.75, 3.05) is 31.3 Å². The standard InChI is InChI=1S/C30H27F7N2O6/c31-28(32,30(35,36)37)12-1-13-42-24-9-5-21(6-10-24)29(33,34)45-25-7-2-19(3-8-25)4-11-26(40)43-14-15-44-27(41)20-16-22(38)18-23(39)17-20/h2-11,16-18H,1,12-15,38-39H2. The number of alkyl halides is 7. The van der Waals surface area contributed by atoms with Crippen LogP contribution in [0.25, 0.3) is 6.08 Å². The average Bonchev–Trinajstić information content (AvgIpc) is 2.96. The second kappa shape index (κ2) is 14.7. The lowest BCUT2D eigenvalue weighted by molar-refractivity contribution is -0.284. The highest BCUT2D eigenvalue weighted by molar-refractivity contribution is 5.91. The van der Waals surface area contributed by atoms with E-state index in [0.717, 1.165) is 30.3 Å². The fourth-order valence-corrected chi connectivity index (χ4v) is 3.59. The molecule has 4 N–H and O–H groups in total. The van der Waals surface area contributed by atoms with Crippen molar-refractivity contribution in [1.82, 2.24) is 0 Å². The fourth-order valence-electron chi connectivity index (χ4n) is 3.59. The Morgan fingerprint density at radius 2 is 1.31 bits per heavy atom. The maximum absolute atomic E-state index is 14.6. The number of hydrogen-bond donors (Lipinski definition) is 2. The zero-order chi connectivity index (χ0) is 33.3. The molecule has 0 aliphatic heterocycles. The highest BCUT2D eigenvalue weighted by Gasteiger charge is 2.56. The van der Waals surface area contributed by atoms with Gasteiger partial charge in [0.2, 0.25) is 0 Å². The Morgan fingerprint density at radius 1 is 0.733 bits per heavy atom. The first-order valence-corrected chi connectivity index (χ1v) is 13.1. The van der Waals surface area contributed by atoms with E-state index in [0.29, 0.717) is 5.56 Å². The van der Waals surface area contributed by atoms with Crippen molar-refractivity contribution < 1.29 is 59.3 Å². The SMILES string of the molecule is Nc1cc(N)cc(C(=O)OCCOC(=O)C=Cc2ccc(OC(F)(F)c3ccc(OCCCC(F)(F)C(F)(F)F)cc3)cc2)c1. The largest absolute Gasteiger partial charge is 0.494 e. The average molecular weight is 645 g/mol. The van der Waals surface area contributed by atoms with Gasteiger partial charge in [-0.05, 0) is 72.7 Å². The minimum Gasteiger partial charge on any atom is -0.494 e. The van der Waals surface area contributed by atoms with Crippen LogP contribution in [0, 0.1) is 0 Å². The molecule has 0 aliphatic rings. The lowest BCUT2D eigenvalue weighted by Crippen LogP contribution is -2.36. The van der Waals surface area contributed by atoms with E-state index in [1.54, 1.807) is 0 Å². The van der Waals surface area contributed by atoms with Gasteiger partial charge in [0.1, 0.15) is 24.7 Å². The van der Waals surface area contributed by atoms with Crippen LogP contribution in [0.3, 0.4) is 0 Å². The Morgan fingerprint density at radius 3 is 1.91 bits per heavy atom. The Balaban J connectivity index is 1.42. The number of anilines is 2. The summed E-state index contributed by atoms with van der Waals surface area (Å²) in [6.07, 6.45) is -9.11. The van der Waals surface area contributed by atoms with Crippen molar-refractivity contribution in [1.29, 1.82) is 0 Å². The summed E-state index contributed by atoms with van der Waals surface area (Å²) in [6, 6.07) is 13.6. The van der Waals surface area contributed by atoms with Crippen molar-refractivity contribution in [3.05, 3.63) is 89.5 Å². The Labute approximate surface area is 252 Å². The van der Waals surface area contributed by atoms with E-state index in [1.165, 1.54) is 48.5 Å². The maximum Gasteiger partial charge on any atom is 0.453 e. The van der Waals surface area contributed by atoms with Gasteiger partial charge in [-0.25, -0.2) is 9.59 Å². The molecule has 0 saturated carbocycles. The van der Waals surface area contributed by atoms with E-state index in [2.05, 4.69) is 0 Å². The van der Waals surface area contributed by atoms with Crippen LogP contribution in [-0.4, -0.2) is 43.9 Å². The molecule has 0 bridgehead atoms. The molecule has 242 valence electrons. The molecule has 3 rings (SSSR count). The second-order valence-corrected chi connectivity index (χ2v) is 9.39. The molecule has 8 nitrogen and oxygen atoms in total. The lowest BCUT2D eigenvalue weighted by Gasteiger charge is -2.20. The van der Waals surface area contributed by atoms with Crippen LogP contribution in [0.2, 0.25) is 0 Å². The van der Waals surface area contributed by atoms with Gasteiger partial charge in [-0.3, -0.25) is 0 Å². The van der Waals surface area contributed by atoms with Gasteiger partial charge in [0.15, 0.2) is 0 Å². The molecule has 45 heavy (non-hydrogen) atoms. The van der Waals surface area contributed by atoms with Crippen molar-refractivity contribution in [2.24, 2.45) is 0 Å². The maximum atomic E-state index is 14.6. The second-order valence-electron chi connectivity index (χ2n) is 9.39. The molecular formula is C30H27F7N2O6. The smallest absolute Gasteiger partial charge is 0.453 e. The molecule has 0 fully saturated rings. The number of carbonyl (C=O) groups is 2. The third kappa shape index (κ3) is 10.6. The van der Waals surface area contributed by atoms with Crippen molar-refractivity contribution in [3.8, 4) is 11.5 Å². The molecule has 0 radical (unpaired) electrons. The van der Waals surface area contributed by atoms with Crippen LogP contribution >= 0.6 is 0 Å². The zero-order valence-electron chi connectivity index (χ0n) is 23.3. The number of benzene rings is 3. The van der Waals surface area contributed by atoms with E-state index < -0.39 is 55.2 Å². The molecule has 0 heterocycles. The molecule has 0 saturated heterocycles. The molecule has 0 unspecified atom stereocenters. The van der Waals surface area contributed by atoms with Gasteiger partial charge in [-0.1, -0.05) is 12.1 Å². The number of ether oxygens (including phenoxy) is 4. The first kappa shape index (κ1) is 34.5. The van der Waals surface area contributed by atoms with Gasteiger partial charge in [0, 0.05) is 23.9 Å². The molecule has 0 amide bonds. The number of hydrogen-bond acceptors (Lipinski definition) is 8. The Hall–Kier alpha value is -4.95. The summed E-state index contributed by atoms with van der Waals surface area (Å²) in [5.74, 6) is -6.53. The monoisotopic (exact) mass is 644 g/mol. The number of halogens is 7. The normalized spacial score (nSPS) is 12.2. The summed E-state index contributed by atoms with van der Waals surface area (Å²) >= 11 is 0. The third-order valence-corrected chi connectivity index (χ3v) is 5.82. The lowest BCUT2D eigenvalue weighted by atomic mass is 10.2. The summed E-state index contributed by atoms with van der Waals surface area (Å²) < 4.78 is 111. The third-order valence-electron chi connectivity index (χ3n) is 5.82. The van der Waals surface area contributed by atoms with E-state index in [4.69, 9.17) is 30.4 Å². The van der Waals surface area contributed by atoms with Crippen LogP contribution in [0.15, 0.2) is 72.8 Å². The zero-order valence-corrected chi connectivity index (χ0v) is 23.3. The van der Waals surface area contributed by atoms with E-state index >= 15 is 0 Å². The summed E-state index contributed by atoms with van der Waals surface area (Å²) in [5.41, 5.74) is 11.8. The van der Waals surface area contributed by atoms with Gasteiger partial charge in [0.05, 0.1) is 17.7 Å². The van der Waals surface area contributed by atoms with Crippen molar-refractivity contribution >= 4 is 29.4 Å². The molecule has 0 aliphatic carbocycles. The highest BCUT2D eigenvalue weighted by Crippen LogP contribution is 2.39. The van der Waals surface area contributed by atoms with E-state index in [-0.39, 0.29) is 41.7 Å². The molecule has 0 spiro atoms. The first-order valence-electron chi connectivity index (χ1n) is 13.1. The first-order chi connectivity index (χ1) is 21.1. The highest BCUT2D eigenvalue weighted by atomic mass is 19.4. The summed E-state index contributed by atoms with van der Waals surface area (Å²) in [5, 5.41) is 0. The number of esters is 2. The quantitative estimate of drug-likeness (QED) is 0.0650. The Bertz CT molecular complexity index is 1460. The van der Waals surface area contributed by atoms with Crippen LogP contribution in [-0.2, 0) is 20.4 Å². The number of nitrogen functional groups attached to an aromatic ring is 2. The van der Waals surface area contributed by atoms with Gasteiger partial charge in [-0.15, -0.1) is 0 Å². The predicted molar refractivity (Wildman–Crippen MR) is 149 cm³/mol. The number of rotatable bonds is 14.